The Morgan fingerprint density at radius 1 is 1.00 bits per heavy atom. The average molecular weight is 454 g/mol. The molecule has 0 saturated carbocycles. The van der Waals surface area contributed by atoms with Gasteiger partial charge in [-0.15, -0.1) is 0 Å². The number of piperidine rings is 1. The van der Waals surface area contributed by atoms with Gasteiger partial charge in [0.15, 0.2) is 10.9 Å². The molecule has 2 heterocycles. The van der Waals surface area contributed by atoms with Gasteiger partial charge in [-0.05, 0) is 88.1 Å². The third-order valence-electron chi connectivity index (χ3n) is 7.48. The first-order chi connectivity index (χ1) is 15.5. The summed E-state index contributed by atoms with van der Waals surface area (Å²) in [7, 11) is 0. The molecule has 0 bridgehead atoms. The second-order valence-corrected chi connectivity index (χ2v) is 10.1. The Balaban J connectivity index is 1.23. The van der Waals surface area contributed by atoms with Crippen LogP contribution in [0.25, 0.3) is 0 Å². The molecule has 1 N–H and O–H groups in total. The van der Waals surface area contributed by atoms with Crippen molar-refractivity contribution in [2.24, 2.45) is 5.41 Å². The normalized spacial score (nSPS) is 20.2. The highest BCUT2D eigenvalue weighted by Gasteiger charge is 2.42. The predicted molar refractivity (Wildman–Crippen MR) is 132 cm³/mol. The van der Waals surface area contributed by atoms with Gasteiger partial charge >= 0.3 is 0 Å². The van der Waals surface area contributed by atoms with Crippen molar-refractivity contribution >= 4 is 29.0 Å². The van der Waals surface area contributed by atoms with Gasteiger partial charge in [0.05, 0.1) is 0 Å². The minimum absolute atomic E-state index is 0.0215. The van der Waals surface area contributed by atoms with Crippen LogP contribution in [0.1, 0.15) is 79.0 Å². The van der Waals surface area contributed by atoms with Crippen LogP contribution in [0.4, 0.5) is 0 Å². The molecule has 2 saturated heterocycles. The Bertz CT molecular complexity index is 885. The molecule has 1 amide bonds. The minimum atomic E-state index is 0.0215. The molecule has 2 fully saturated rings. The van der Waals surface area contributed by atoms with Gasteiger partial charge in [-0.2, -0.15) is 0 Å². The van der Waals surface area contributed by atoms with Gasteiger partial charge in [0.1, 0.15) is 0 Å². The number of ketones is 1. The summed E-state index contributed by atoms with van der Waals surface area (Å²) in [5.41, 5.74) is 3.16. The molecule has 3 aliphatic rings. The molecule has 1 aromatic rings. The standard InChI is InChI=1S/C26H35N3O2S/c1-20(30)22-7-9-23(10-8-22)24(31)28-16-12-26(13-17-28)14-18-29(19-26)25(32)27-15-11-21-5-3-2-4-6-21/h5,7-10H,2-4,6,11-19H2,1H3,(H,27,32). The topological polar surface area (TPSA) is 52.7 Å². The van der Waals surface area contributed by atoms with Gasteiger partial charge < -0.3 is 15.1 Å². The highest BCUT2D eigenvalue weighted by molar-refractivity contribution is 7.80. The van der Waals surface area contributed by atoms with Crippen molar-refractivity contribution < 1.29 is 9.59 Å². The Hall–Kier alpha value is -2.21. The zero-order chi connectivity index (χ0) is 22.6. The van der Waals surface area contributed by atoms with E-state index >= 15 is 0 Å². The van der Waals surface area contributed by atoms with E-state index in [2.05, 4.69) is 16.3 Å². The average Bonchev–Trinajstić information content (AvgIpc) is 3.23. The van der Waals surface area contributed by atoms with Crippen LogP contribution in [0.3, 0.4) is 0 Å². The van der Waals surface area contributed by atoms with Gasteiger partial charge in [-0.1, -0.05) is 23.8 Å². The van der Waals surface area contributed by atoms with E-state index in [9.17, 15) is 9.59 Å². The van der Waals surface area contributed by atoms with E-state index in [1.165, 1.54) is 25.7 Å². The lowest BCUT2D eigenvalue weighted by atomic mass is 9.77. The number of carbonyl (C=O) groups excluding carboxylic acids is 2. The van der Waals surface area contributed by atoms with E-state index in [1.807, 2.05) is 4.90 Å². The number of nitrogens with one attached hydrogen (secondary N) is 1. The Labute approximate surface area is 197 Å². The van der Waals surface area contributed by atoms with E-state index in [0.717, 1.165) is 63.5 Å². The fourth-order valence-corrected chi connectivity index (χ4v) is 5.56. The Morgan fingerprint density at radius 2 is 1.66 bits per heavy atom. The molecule has 4 rings (SSSR count). The van der Waals surface area contributed by atoms with Crippen LogP contribution in [0.5, 0.6) is 0 Å². The maximum Gasteiger partial charge on any atom is 0.253 e. The van der Waals surface area contributed by atoms with E-state index in [1.54, 1.807) is 36.8 Å². The number of benzene rings is 1. The summed E-state index contributed by atoms with van der Waals surface area (Å²) in [6.07, 6.45) is 11.8. The molecule has 0 unspecified atom stereocenters. The molecule has 0 aromatic heterocycles. The number of nitrogens with zero attached hydrogens (tertiary/aromatic N) is 2. The molecular weight excluding hydrogens is 418 g/mol. The van der Waals surface area contributed by atoms with Crippen LogP contribution in [-0.2, 0) is 0 Å². The third-order valence-corrected chi connectivity index (χ3v) is 7.89. The number of carbonyl (C=O) groups is 2. The first kappa shape index (κ1) is 23.0. The number of hydrogen-bond acceptors (Lipinski definition) is 3. The Morgan fingerprint density at radius 3 is 2.28 bits per heavy atom. The molecule has 1 aliphatic carbocycles. The van der Waals surface area contributed by atoms with E-state index in [4.69, 9.17) is 12.2 Å². The summed E-state index contributed by atoms with van der Waals surface area (Å²) in [4.78, 5) is 28.7. The first-order valence-corrected chi connectivity index (χ1v) is 12.5. The molecule has 1 aromatic carbocycles. The van der Waals surface area contributed by atoms with Gasteiger partial charge in [0, 0.05) is 43.9 Å². The maximum absolute atomic E-state index is 12.9. The molecule has 172 valence electrons. The fraction of sp³-hybridized carbons (Fsp3) is 0.577. The molecule has 5 nitrogen and oxygen atoms in total. The monoisotopic (exact) mass is 453 g/mol. The summed E-state index contributed by atoms with van der Waals surface area (Å²) < 4.78 is 0. The zero-order valence-electron chi connectivity index (χ0n) is 19.2. The van der Waals surface area contributed by atoms with Crippen molar-refractivity contribution in [3.8, 4) is 0 Å². The largest absolute Gasteiger partial charge is 0.362 e. The number of allylic oxidation sites excluding steroid dienone is 1. The molecule has 0 radical (unpaired) electrons. The summed E-state index contributed by atoms with van der Waals surface area (Å²) in [5.74, 6) is 0.0900. The minimum Gasteiger partial charge on any atom is -0.362 e. The SMILES string of the molecule is CC(=O)c1ccc(C(=O)N2CCC3(CC2)CCN(C(=S)NCCC2=CCCCC2)C3)cc1. The lowest BCUT2D eigenvalue weighted by molar-refractivity contribution is 0.0598. The van der Waals surface area contributed by atoms with Gasteiger partial charge in [0.2, 0.25) is 0 Å². The number of rotatable bonds is 5. The van der Waals surface area contributed by atoms with Crippen molar-refractivity contribution in [2.75, 3.05) is 32.7 Å². The predicted octanol–water partition coefficient (Wildman–Crippen LogP) is 4.58. The van der Waals surface area contributed by atoms with Crippen LogP contribution in [-0.4, -0.2) is 59.3 Å². The molecule has 32 heavy (non-hydrogen) atoms. The van der Waals surface area contributed by atoms with Crippen LogP contribution in [0.2, 0.25) is 0 Å². The Kier molecular flexibility index (Phi) is 7.29. The lowest BCUT2D eigenvalue weighted by Crippen LogP contribution is -2.45. The van der Waals surface area contributed by atoms with Crippen molar-refractivity contribution in [1.82, 2.24) is 15.1 Å². The maximum atomic E-state index is 12.9. The summed E-state index contributed by atoms with van der Waals surface area (Å²) in [6, 6.07) is 7.03. The van der Waals surface area contributed by atoms with Crippen LogP contribution < -0.4 is 5.32 Å². The molecule has 0 atom stereocenters. The molecule has 2 aliphatic heterocycles. The molecule has 1 spiro atoms. The number of likely N-dealkylation sites (tertiary alicyclic amines) is 2. The fourth-order valence-electron chi connectivity index (χ4n) is 5.30. The zero-order valence-corrected chi connectivity index (χ0v) is 20.0. The number of amides is 1. The van der Waals surface area contributed by atoms with E-state index in [0.29, 0.717) is 11.1 Å². The molecule has 6 heteroatoms. The highest BCUT2D eigenvalue weighted by Crippen LogP contribution is 2.40. The quantitative estimate of drug-likeness (QED) is 0.402. The van der Waals surface area contributed by atoms with Gasteiger partial charge in [0.25, 0.3) is 5.91 Å². The summed E-state index contributed by atoms with van der Waals surface area (Å²) in [6.45, 7) is 6.05. The van der Waals surface area contributed by atoms with Gasteiger partial charge in [-0.3, -0.25) is 9.59 Å². The number of hydrogen-bond donors (Lipinski definition) is 1. The van der Waals surface area contributed by atoms with E-state index < -0.39 is 0 Å². The van der Waals surface area contributed by atoms with Crippen molar-refractivity contribution in [2.45, 2.75) is 58.3 Å². The second-order valence-electron chi connectivity index (χ2n) is 9.69. The van der Waals surface area contributed by atoms with Crippen molar-refractivity contribution in [1.29, 1.82) is 0 Å². The van der Waals surface area contributed by atoms with Crippen molar-refractivity contribution in [3.63, 3.8) is 0 Å². The van der Waals surface area contributed by atoms with Crippen LogP contribution in [0, 0.1) is 5.41 Å². The smallest absolute Gasteiger partial charge is 0.253 e. The first-order valence-electron chi connectivity index (χ1n) is 12.1. The lowest BCUT2D eigenvalue weighted by Gasteiger charge is -2.39. The number of Topliss-reactive ketones (excluding diaryl/α,β-unsaturated/α-hetero) is 1. The second kappa shape index (κ2) is 10.2. The van der Waals surface area contributed by atoms with E-state index in [-0.39, 0.29) is 17.1 Å². The number of thiocarbonyl (C=S) groups is 1. The third kappa shape index (κ3) is 5.40. The van der Waals surface area contributed by atoms with Crippen LogP contribution in [0.15, 0.2) is 35.9 Å². The van der Waals surface area contributed by atoms with Crippen LogP contribution >= 0.6 is 12.2 Å². The summed E-state index contributed by atoms with van der Waals surface area (Å²) >= 11 is 5.70. The summed E-state index contributed by atoms with van der Waals surface area (Å²) in [5, 5.41) is 4.37. The molecular formula is C26H35N3O2S. The van der Waals surface area contributed by atoms with Gasteiger partial charge in [-0.25, -0.2) is 0 Å². The van der Waals surface area contributed by atoms with Crippen molar-refractivity contribution in [3.05, 3.63) is 47.0 Å². The highest BCUT2D eigenvalue weighted by atomic mass is 32.1.